The van der Waals surface area contributed by atoms with Gasteiger partial charge in [0.05, 0.1) is 13.2 Å². The lowest BCUT2D eigenvalue weighted by Crippen LogP contribution is -3.00. The lowest BCUT2D eigenvalue weighted by atomic mass is 10.6. The molecule has 0 aromatic carbocycles. The van der Waals surface area contributed by atoms with Gasteiger partial charge in [-0.05, 0) is 23.0 Å². The standard InChI is InChI=1S/C6H9N3S.ClH/c1-9-4-3-5(7)8-6(9)10-2;/h3-4,7H,1-2H3;1H. The van der Waals surface area contributed by atoms with Crippen LogP contribution >= 0.6 is 11.8 Å². The van der Waals surface area contributed by atoms with Crippen molar-refractivity contribution in [2.45, 2.75) is 5.16 Å². The van der Waals surface area contributed by atoms with E-state index in [1.165, 1.54) is 0 Å². The number of nitrogens with zero attached hydrogens (tertiary/aromatic N) is 2. The number of hydrogen-bond donors (Lipinski definition) is 1. The molecule has 2 N–H and O–H groups in total. The summed E-state index contributed by atoms with van der Waals surface area (Å²) in [6.07, 6.45) is 3.87. The minimum atomic E-state index is 0. The molecule has 11 heavy (non-hydrogen) atoms. The Labute approximate surface area is 76.4 Å². The Hall–Kier alpha value is -0.480. The SMILES string of the molecule is CSc1nc(N)cc[n+]1C.[Cl-]. The van der Waals surface area contributed by atoms with Crippen molar-refractivity contribution in [2.24, 2.45) is 7.05 Å². The van der Waals surface area contributed by atoms with Gasteiger partial charge in [-0.3, -0.25) is 0 Å². The van der Waals surface area contributed by atoms with Crippen molar-refractivity contribution in [1.29, 1.82) is 0 Å². The number of nitrogen functional groups attached to an aromatic ring is 1. The third kappa shape index (κ3) is 2.55. The molecular weight excluding hydrogens is 182 g/mol. The average molecular weight is 192 g/mol. The zero-order valence-electron chi connectivity index (χ0n) is 6.41. The Morgan fingerprint density at radius 3 is 2.73 bits per heavy atom. The molecule has 0 saturated heterocycles. The lowest BCUT2D eigenvalue weighted by molar-refractivity contribution is -0.713. The Morgan fingerprint density at radius 1 is 1.64 bits per heavy atom. The largest absolute Gasteiger partial charge is 1.00 e. The monoisotopic (exact) mass is 191 g/mol. The second-order valence-electron chi connectivity index (χ2n) is 1.95. The van der Waals surface area contributed by atoms with E-state index in [0.29, 0.717) is 5.82 Å². The van der Waals surface area contributed by atoms with Crippen molar-refractivity contribution >= 4 is 17.6 Å². The second kappa shape index (κ2) is 4.41. The zero-order chi connectivity index (χ0) is 7.56. The van der Waals surface area contributed by atoms with Crippen LogP contribution in [0, 0.1) is 0 Å². The highest BCUT2D eigenvalue weighted by molar-refractivity contribution is 7.98. The van der Waals surface area contributed by atoms with Gasteiger partial charge >= 0.3 is 5.16 Å². The molecule has 0 unspecified atom stereocenters. The highest BCUT2D eigenvalue weighted by Gasteiger charge is 2.06. The summed E-state index contributed by atoms with van der Waals surface area (Å²) in [5.41, 5.74) is 5.47. The minimum absolute atomic E-state index is 0. The maximum Gasteiger partial charge on any atom is 0.361 e. The van der Waals surface area contributed by atoms with Gasteiger partial charge in [0.2, 0.25) is 5.82 Å². The molecule has 0 aliphatic rings. The third-order valence-electron chi connectivity index (χ3n) is 1.18. The van der Waals surface area contributed by atoms with E-state index in [1.54, 1.807) is 17.8 Å². The predicted octanol–water partition coefficient (Wildman–Crippen LogP) is -2.79. The summed E-state index contributed by atoms with van der Waals surface area (Å²) in [7, 11) is 1.94. The number of aromatic nitrogens is 2. The van der Waals surface area contributed by atoms with E-state index in [2.05, 4.69) is 4.98 Å². The van der Waals surface area contributed by atoms with Gasteiger partial charge in [-0.2, -0.15) is 0 Å². The average Bonchev–Trinajstić information content (AvgIpc) is 1.94. The van der Waals surface area contributed by atoms with Crippen LogP contribution < -0.4 is 22.7 Å². The molecule has 0 fully saturated rings. The van der Waals surface area contributed by atoms with E-state index in [4.69, 9.17) is 5.73 Å². The van der Waals surface area contributed by atoms with Crippen LogP contribution in [-0.2, 0) is 7.05 Å². The first-order valence-corrected chi connectivity index (χ1v) is 4.12. The molecule has 3 nitrogen and oxygen atoms in total. The van der Waals surface area contributed by atoms with Crippen molar-refractivity contribution in [3.63, 3.8) is 0 Å². The molecule has 0 spiro atoms. The second-order valence-corrected chi connectivity index (χ2v) is 2.72. The van der Waals surface area contributed by atoms with Crippen LogP contribution in [0.5, 0.6) is 0 Å². The molecule has 1 aromatic heterocycles. The molecule has 0 aliphatic heterocycles. The molecular formula is C6H10ClN3S. The number of thioether (sulfide) groups is 1. The van der Waals surface area contributed by atoms with Crippen molar-refractivity contribution < 1.29 is 17.0 Å². The molecule has 1 rings (SSSR count). The van der Waals surface area contributed by atoms with Crippen molar-refractivity contribution in [2.75, 3.05) is 12.0 Å². The van der Waals surface area contributed by atoms with Gasteiger partial charge < -0.3 is 18.1 Å². The summed E-state index contributed by atoms with van der Waals surface area (Å²) >= 11 is 1.58. The molecule has 0 radical (unpaired) electrons. The van der Waals surface area contributed by atoms with Crippen molar-refractivity contribution in [3.8, 4) is 0 Å². The van der Waals surface area contributed by atoms with Crippen LogP contribution in [-0.4, -0.2) is 11.2 Å². The van der Waals surface area contributed by atoms with Gasteiger partial charge in [0.15, 0.2) is 0 Å². The number of halogens is 1. The first kappa shape index (κ1) is 10.5. The Morgan fingerprint density at radius 2 is 2.27 bits per heavy atom. The molecule has 1 aromatic rings. The fourth-order valence-corrected chi connectivity index (χ4v) is 1.21. The van der Waals surface area contributed by atoms with E-state index < -0.39 is 0 Å². The number of aryl methyl sites for hydroxylation is 1. The Kier molecular flexibility index (Phi) is 4.22. The van der Waals surface area contributed by atoms with Crippen LogP contribution in [0.1, 0.15) is 0 Å². The number of anilines is 1. The molecule has 62 valence electrons. The van der Waals surface area contributed by atoms with E-state index >= 15 is 0 Å². The summed E-state index contributed by atoms with van der Waals surface area (Å²) in [5, 5.41) is 0.931. The van der Waals surface area contributed by atoms with Gasteiger partial charge in [-0.15, -0.1) is 0 Å². The summed E-state index contributed by atoms with van der Waals surface area (Å²) < 4.78 is 1.93. The van der Waals surface area contributed by atoms with E-state index in [-0.39, 0.29) is 12.4 Å². The molecule has 0 aliphatic carbocycles. The maximum atomic E-state index is 5.47. The fraction of sp³-hybridized carbons (Fsp3) is 0.333. The van der Waals surface area contributed by atoms with Crippen LogP contribution in [0.4, 0.5) is 5.82 Å². The van der Waals surface area contributed by atoms with Gasteiger partial charge in [0, 0.05) is 6.07 Å². The normalized spacial score (nSPS) is 8.91. The highest BCUT2D eigenvalue weighted by Crippen LogP contribution is 2.05. The number of hydrogen-bond acceptors (Lipinski definition) is 3. The van der Waals surface area contributed by atoms with Gasteiger partial charge in [0.1, 0.15) is 0 Å². The molecule has 1 heterocycles. The number of nitrogens with two attached hydrogens (primary N) is 1. The predicted molar refractivity (Wildman–Crippen MR) is 41.6 cm³/mol. The molecule has 0 amide bonds. The van der Waals surface area contributed by atoms with E-state index in [1.807, 2.05) is 24.1 Å². The van der Waals surface area contributed by atoms with Crippen LogP contribution in [0.15, 0.2) is 17.4 Å². The summed E-state index contributed by atoms with van der Waals surface area (Å²) in [6, 6.07) is 1.78. The molecule has 0 saturated carbocycles. The Balaban J connectivity index is 0.000001000. The van der Waals surface area contributed by atoms with Crippen molar-refractivity contribution in [1.82, 2.24) is 4.98 Å². The zero-order valence-corrected chi connectivity index (χ0v) is 7.99. The van der Waals surface area contributed by atoms with Crippen molar-refractivity contribution in [3.05, 3.63) is 12.3 Å². The van der Waals surface area contributed by atoms with Gasteiger partial charge in [-0.1, -0.05) is 0 Å². The van der Waals surface area contributed by atoms with Crippen LogP contribution in [0.3, 0.4) is 0 Å². The summed E-state index contributed by atoms with van der Waals surface area (Å²) in [5.74, 6) is 0.572. The van der Waals surface area contributed by atoms with E-state index in [9.17, 15) is 0 Å². The third-order valence-corrected chi connectivity index (χ3v) is 1.92. The quantitative estimate of drug-likeness (QED) is 0.297. The Bertz CT molecular complexity index is 241. The molecule has 0 atom stereocenters. The fourth-order valence-electron chi connectivity index (χ4n) is 0.668. The first-order chi connectivity index (χ1) is 4.74. The van der Waals surface area contributed by atoms with Crippen LogP contribution in [0.25, 0.3) is 0 Å². The summed E-state index contributed by atoms with van der Waals surface area (Å²) in [6.45, 7) is 0. The van der Waals surface area contributed by atoms with Crippen LogP contribution in [0.2, 0.25) is 0 Å². The minimum Gasteiger partial charge on any atom is -1.00 e. The van der Waals surface area contributed by atoms with E-state index in [0.717, 1.165) is 5.16 Å². The molecule has 0 bridgehead atoms. The molecule has 5 heteroatoms. The summed E-state index contributed by atoms with van der Waals surface area (Å²) in [4.78, 5) is 4.09. The first-order valence-electron chi connectivity index (χ1n) is 2.90. The van der Waals surface area contributed by atoms with Gasteiger partial charge in [-0.25, -0.2) is 4.57 Å². The smallest absolute Gasteiger partial charge is 0.361 e. The maximum absolute atomic E-state index is 5.47. The lowest BCUT2D eigenvalue weighted by Gasteiger charge is -1.92. The topological polar surface area (TPSA) is 42.8 Å². The highest BCUT2D eigenvalue weighted by atomic mass is 35.5. The van der Waals surface area contributed by atoms with Gasteiger partial charge in [0.25, 0.3) is 0 Å². The number of rotatable bonds is 1.